The Balaban J connectivity index is 2.20. The molecule has 0 aliphatic carbocycles. The number of aromatic nitrogens is 2. The van der Waals surface area contributed by atoms with Crippen molar-refractivity contribution in [3.63, 3.8) is 0 Å². The maximum Gasteiger partial charge on any atom is 0.229 e. The maximum atomic E-state index is 12.4. The molecule has 0 N–H and O–H groups in total. The highest BCUT2D eigenvalue weighted by atomic mass is 16.5. The van der Waals surface area contributed by atoms with E-state index in [0.29, 0.717) is 0 Å². The van der Waals surface area contributed by atoms with Gasteiger partial charge in [0.25, 0.3) is 0 Å². The lowest BCUT2D eigenvalue weighted by Gasteiger charge is -2.22. The molecule has 3 rings (SSSR count). The minimum Gasteiger partial charge on any atom is -0.497 e. The molecule has 0 bridgehead atoms. The number of hydrogen-bond acceptors (Lipinski definition) is 3. The Labute approximate surface area is 135 Å². The monoisotopic (exact) mass is 309 g/mol. The molecule has 0 fully saturated rings. The Morgan fingerprint density at radius 3 is 2.57 bits per heavy atom. The van der Waals surface area contributed by atoms with E-state index in [-0.39, 0.29) is 5.91 Å². The second kappa shape index (κ2) is 6.12. The number of fused-ring (bicyclic) bond motifs is 1. The van der Waals surface area contributed by atoms with Crippen LogP contribution in [0.4, 0.5) is 11.5 Å². The lowest BCUT2D eigenvalue weighted by molar-refractivity contribution is -0.115. The zero-order chi connectivity index (χ0) is 16.4. The Morgan fingerprint density at radius 1 is 1.22 bits per heavy atom. The van der Waals surface area contributed by atoms with E-state index >= 15 is 0 Å². The molecule has 0 unspecified atom stereocenters. The van der Waals surface area contributed by atoms with Gasteiger partial charge in [0.05, 0.1) is 18.5 Å². The van der Waals surface area contributed by atoms with Crippen LogP contribution in [0.2, 0.25) is 0 Å². The van der Waals surface area contributed by atoms with Crippen LogP contribution in [-0.2, 0) is 11.2 Å². The lowest BCUT2D eigenvalue weighted by atomic mass is 10.2. The summed E-state index contributed by atoms with van der Waals surface area (Å²) in [5.41, 5.74) is 2.51. The van der Waals surface area contributed by atoms with E-state index in [9.17, 15) is 4.79 Å². The molecule has 2 aromatic heterocycles. The number of methoxy groups -OCH3 is 1. The first-order chi connectivity index (χ1) is 11.2. The van der Waals surface area contributed by atoms with E-state index in [1.165, 1.54) is 0 Å². The van der Waals surface area contributed by atoms with Crippen molar-refractivity contribution < 1.29 is 9.53 Å². The first-order valence-electron chi connectivity index (χ1n) is 7.56. The smallest absolute Gasteiger partial charge is 0.229 e. The number of carbonyl (C=O) groups excluding carboxylic acids is 1. The second-order valence-electron chi connectivity index (χ2n) is 5.22. The number of carbonyl (C=O) groups is 1. The summed E-state index contributed by atoms with van der Waals surface area (Å²) >= 11 is 0. The van der Waals surface area contributed by atoms with Crippen LogP contribution in [0, 0.1) is 0 Å². The molecule has 1 amide bonds. The number of benzene rings is 1. The number of rotatable bonds is 4. The predicted molar refractivity (Wildman–Crippen MR) is 90.4 cm³/mol. The predicted octanol–water partition coefficient (Wildman–Crippen LogP) is 3.59. The number of ether oxygens (including phenoxy) is 1. The molecule has 5 nitrogen and oxygen atoms in total. The molecule has 0 atom stereocenters. The second-order valence-corrected chi connectivity index (χ2v) is 5.22. The Kier molecular flexibility index (Phi) is 4.02. The number of anilines is 2. The number of aryl methyl sites for hydroxylation is 1. The Morgan fingerprint density at radius 2 is 1.96 bits per heavy atom. The maximum absolute atomic E-state index is 12.4. The van der Waals surface area contributed by atoms with Crippen molar-refractivity contribution in [1.82, 2.24) is 9.38 Å². The third-order valence-corrected chi connectivity index (χ3v) is 3.77. The first-order valence-corrected chi connectivity index (χ1v) is 7.56. The van der Waals surface area contributed by atoms with E-state index in [2.05, 4.69) is 4.98 Å². The molecule has 23 heavy (non-hydrogen) atoms. The standard InChI is InChI=1S/C18H19N3O2/c1-4-16-18(20-12-6-5-7-17(20)19-16)21(13(2)22)14-8-10-15(23-3)11-9-14/h5-12H,4H2,1-3H3. The summed E-state index contributed by atoms with van der Waals surface area (Å²) in [7, 11) is 1.62. The fourth-order valence-corrected chi connectivity index (χ4v) is 2.69. The van der Waals surface area contributed by atoms with Crippen molar-refractivity contribution in [3.05, 3.63) is 54.4 Å². The van der Waals surface area contributed by atoms with Crippen LogP contribution in [0.3, 0.4) is 0 Å². The summed E-state index contributed by atoms with van der Waals surface area (Å²) in [6.45, 7) is 3.60. The van der Waals surface area contributed by atoms with E-state index < -0.39 is 0 Å². The van der Waals surface area contributed by atoms with Crippen molar-refractivity contribution in [2.24, 2.45) is 0 Å². The van der Waals surface area contributed by atoms with E-state index in [4.69, 9.17) is 4.74 Å². The van der Waals surface area contributed by atoms with Gasteiger partial charge in [0.15, 0.2) is 0 Å². The third-order valence-electron chi connectivity index (χ3n) is 3.77. The molecule has 0 spiro atoms. The highest BCUT2D eigenvalue weighted by molar-refractivity contribution is 5.99. The minimum atomic E-state index is -0.0597. The zero-order valence-electron chi connectivity index (χ0n) is 13.5. The number of imidazole rings is 1. The number of hydrogen-bond donors (Lipinski definition) is 0. The van der Waals surface area contributed by atoms with Gasteiger partial charge in [-0.1, -0.05) is 13.0 Å². The molecule has 0 saturated heterocycles. The molecular formula is C18H19N3O2. The highest BCUT2D eigenvalue weighted by Crippen LogP contribution is 2.31. The van der Waals surface area contributed by atoms with Gasteiger partial charge in [-0.3, -0.25) is 14.1 Å². The van der Waals surface area contributed by atoms with Crippen LogP contribution in [0.1, 0.15) is 19.5 Å². The van der Waals surface area contributed by atoms with Gasteiger partial charge < -0.3 is 4.74 Å². The SMILES string of the molecule is CCc1nc2ccccn2c1N(C(C)=O)c1ccc(OC)cc1. The summed E-state index contributed by atoms with van der Waals surface area (Å²) in [4.78, 5) is 18.7. The highest BCUT2D eigenvalue weighted by Gasteiger charge is 2.22. The van der Waals surface area contributed by atoms with Crippen molar-refractivity contribution in [1.29, 1.82) is 0 Å². The average molecular weight is 309 g/mol. The van der Waals surface area contributed by atoms with Gasteiger partial charge in [0.2, 0.25) is 5.91 Å². The first kappa shape index (κ1) is 15.1. The van der Waals surface area contributed by atoms with Gasteiger partial charge in [0, 0.05) is 13.1 Å². The lowest BCUT2D eigenvalue weighted by Crippen LogP contribution is -2.25. The number of amides is 1. The molecule has 1 aromatic carbocycles. The van der Waals surface area contributed by atoms with Gasteiger partial charge >= 0.3 is 0 Å². The van der Waals surface area contributed by atoms with Crippen LogP contribution in [0.5, 0.6) is 5.75 Å². The van der Waals surface area contributed by atoms with Gasteiger partial charge in [-0.2, -0.15) is 0 Å². The van der Waals surface area contributed by atoms with Crippen LogP contribution in [-0.4, -0.2) is 22.4 Å². The van der Waals surface area contributed by atoms with Gasteiger partial charge in [-0.25, -0.2) is 4.98 Å². The quantitative estimate of drug-likeness (QED) is 0.740. The Bertz CT molecular complexity index is 837. The minimum absolute atomic E-state index is 0.0597. The normalized spacial score (nSPS) is 10.7. The summed E-state index contributed by atoms with van der Waals surface area (Å²) in [5, 5.41) is 0. The van der Waals surface area contributed by atoms with E-state index in [0.717, 1.165) is 35.0 Å². The average Bonchev–Trinajstić information content (AvgIpc) is 2.94. The molecule has 0 aliphatic rings. The summed E-state index contributed by atoms with van der Waals surface area (Å²) in [6, 6.07) is 13.3. The molecule has 0 aliphatic heterocycles. The van der Waals surface area contributed by atoms with Crippen molar-refractivity contribution in [3.8, 4) is 5.75 Å². The summed E-state index contributed by atoms with van der Waals surface area (Å²) in [6.07, 6.45) is 2.67. The number of pyridine rings is 1. The van der Waals surface area contributed by atoms with Crippen molar-refractivity contribution in [2.45, 2.75) is 20.3 Å². The molecule has 2 heterocycles. The van der Waals surface area contributed by atoms with Crippen LogP contribution in [0.15, 0.2) is 48.7 Å². The molecule has 0 saturated carbocycles. The van der Waals surface area contributed by atoms with E-state index in [1.54, 1.807) is 18.9 Å². The largest absolute Gasteiger partial charge is 0.497 e. The van der Waals surface area contributed by atoms with Crippen LogP contribution in [0.25, 0.3) is 5.65 Å². The Hall–Kier alpha value is -2.82. The van der Waals surface area contributed by atoms with Crippen LogP contribution < -0.4 is 9.64 Å². The topological polar surface area (TPSA) is 46.8 Å². The van der Waals surface area contributed by atoms with Crippen LogP contribution >= 0.6 is 0 Å². The van der Waals surface area contributed by atoms with Gasteiger partial charge in [-0.05, 0) is 42.8 Å². The fraction of sp³-hybridized carbons (Fsp3) is 0.222. The molecular weight excluding hydrogens is 290 g/mol. The molecule has 5 heteroatoms. The van der Waals surface area contributed by atoms with Crippen molar-refractivity contribution in [2.75, 3.05) is 12.0 Å². The summed E-state index contributed by atoms with van der Waals surface area (Å²) < 4.78 is 7.14. The zero-order valence-corrected chi connectivity index (χ0v) is 13.5. The summed E-state index contributed by atoms with van der Waals surface area (Å²) in [5.74, 6) is 1.49. The number of nitrogens with zero attached hydrogens (tertiary/aromatic N) is 3. The molecule has 3 aromatic rings. The van der Waals surface area contributed by atoms with Crippen molar-refractivity contribution >= 4 is 23.1 Å². The molecule has 0 radical (unpaired) electrons. The third kappa shape index (κ3) is 2.65. The fourth-order valence-electron chi connectivity index (χ4n) is 2.69. The van der Waals surface area contributed by atoms with Gasteiger partial charge in [-0.15, -0.1) is 0 Å². The van der Waals surface area contributed by atoms with Gasteiger partial charge in [0.1, 0.15) is 17.2 Å². The van der Waals surface area contributed by atoms with E-state index in [1.807, 2.05) is 60.0 Å². The molecule has 118 valence electrons.